The number of likely N-dealkylation sites (tertiary alicyclic amines) is 2. The normalized spacial score (nSPS) is 24.6. The predicted octanol–water partition coefficient (Wildman–Crippen LogP) is 2.57. The molecule has 1 amide bonds. The van der Waals surface area contributed by atoms with Gasteiger partial charge in [-0.15, -0.1) is 0 Å². The second kappa shape index (κ2) is 7.13. The molecule has 3 rings (SSSR count). The molecular weight excluding hydrogens is 344 g/mol. The Kier molecular flexibility index (Phi) is 5.18. The molecule has 2 aliphatic heterocycles. The van der Waals surface area contributed by atoms with Gasteiger partial charge in [-0.05, 0) is 47.5 Å². The molecule has 0 bridgehead atoms. The van der Waals surface area contributed by atoms with Crippen molar-refractivity contribution in [3.63, 3.8) is 0 Å². The molecule has 1 aromatic rings. The van der Waals surface area contributed by atoms with Gasteiger partial charge in [0.2, 0.25) is 5.91 Å². The zero-order chi connectivity index (χ0) is 15.5. The summed E-state index contributed by atoms with van der Waals surface area (Å²) in [6, 6.07) is 0. The number of nitrogens with zero attached hydrogens (tertiary/aromatic N) is 4. The fraction of sp³-hybridized carbons (Fsp3) is 0.750. The lowest BCUT2D eigenvalue weighted by Gasteiger charge is -2.37. The van der Waals surface area contributed by atoms with E-state index in [2.05, 4.69) is 37.8 Å². The Morgan fingerprint density at radius 3 is 2.73 bits per heavy atom. The molecule has 3 heterocycles. The number of carbonyl (C=O) groups excluding carboxylic acids is 1. The Balaban J connectivity index is 1.47. The van der Waals surface area contributed by atoms with Crippen molar-refractivity contribution in [2.24, 2.45) is 11.8 Å². The van der Waals surface area contributed by atoms with Crippen LogP contribution in [-0.2, 0) is 11.5 Å². The Bertz CT molecular complexity index is 510. The highest BCUT2D eigenvalue weighted by atomic mass is 79.9. The third-order valence-electron chi connectivity index (χ3n) is 4.85. The fourth-order valence-corrected chi connectivity index (χ4v) is 3.92. The van der Waals surface area contributed by atoms with Gasteiger partial charge in [0.05, 0.1) is 17.3 Å². The summed E-state index contributed by atoms with van der Waals surface area (Å²) >= 11 is 3.42. The van der Waals surface area contributed by atoms with Crippen LogP contribution in [0.5, 0.6) is 0 Å². The highest BCUT2D eigenvalue weighted by molar-refractivity contribution is 9.10. The first kappa shape index (κ1) is 16.0. The number of piperidine rings is 2. The highest BCUT2D eigenvalue weighted by Gasteiger charge is 2.30. The molecule has 22 heavy (non-hydrogen) atoms. The molecule has 122 valence electrons. The summed E-state index contributed by atoms with van der Waals surface area (Å²) in [4.78, 5) is 17.1. The lowest BCUT2D eigenvalue weighted by molar-refractivity contribution is -0.139. The summed E-state index contributed by atoms with van der Waals surface area (Å²) < 4.78 is 2.95. The van der Waals surface area contributed by atoms with Crippen LogP contribution in [0.1, 0.15) is 32.6 Å². The lowest BCUT2D eigenvalue weighted by atomic mass is 9.93. The molecule has 1 aromatic heterocycles. The molecule has 6 heteroatoms. The summed E-state index contributed by atoms with van der Waals surface area (Å²) in [5.74, 6) is 1.29. The van der Waals surface area contributed by atoms with Crippen LogP contribution in [0, 0.1) is 11.8 Å². The smallest absolute Gasteiger partial charge is 0.225 e. The summed E-state index contributed by atoms with van der Waals surface area (Å²) in [5, 5.41) is 4.30. The van der Waals surface area contributed by atoms with Crippen LogP contribution in [0.3, 0.4) is 0 Å². The zero-order valence-electron chi connectivity index (χ0n) is 13.2. The van der Waals surface area contributed by atoms with Crippen LogP contribution in [0.2, 0.25) is 0 Å². The molecule has 2 saturated heterocycles. The second-order valence-corrected chi connectivity index (χ2v) is 7.68. The Hall–Kier alpha value is -0.880. The largest absolute Gasteiger partial charge is 0.342 e. The van der Waals surface area contributed by atoms with Gasteiger partial charge in [-0.1, -0.05) is 6.92 Å². The van der Waals surface area contributed by atoms with Gasteiger partial charge >= 0.3 is 0 Å². The summed E-state index contributed by atoms with van der Waals surface area (Å²) in [6.07, 6.45) is 8.19. The van der Waals surface area contributed by atoms with Crippen LogP contribution < -0.4 is 0 Å². The zero-order valence-corrected chi connectivity index (χ0v) is 14.8. The first-order chi connectivity index (χ1) is 10.6. The van der Waals surface area contributed by atoms with Gasteiger partial charge in [0, 0.05) is 38.3 Å². The number of amides is 1. The van der Waals surface area contributed by atoms with Gasteiger partial charge < -0.3 is 4.90 Å². The van der Waals surface area contributed by atoms with Crippen LogP contribution in [-0.4, -0.2) is 51.7 Å². The molecular formula is C16H25BrN4O. The van der Waals surface area contributed by atoms with Gasteiger partial charge in [0.1, 0.15) is 0 Å². The van der Waals surface area contributed by atoms with Gasteiger partial charge in [0.25, 0.3) is 0 Å². The van der Waals surface area contributed by atoms with E-state index in [0.29, 0.717) is 11.8 Å². The number of hydrogen-bond acceptors (Lipinski definition) is 3. The van der Waals surface area contributed by atoms with Crippen molar-refractivity contribution in [2.45, 2.75) is 39.3 Å². The average Bonchev–Trinajstić information content (AvgIpc) is 2.92. The molecule has 1 unspecified atom stereocenters. The molecule has 0 radical (unpaired) electrons. The molecule has 0 spiro atoms. The minimum atomic E-state index is 0.228. The number of carbonyl (C=O) groups is 1. The van der Waals surface area contributed by atoms with E-state index in [1.807, 2.05) is 17.1 Å². The van der Waals surface area contributed by atoms with Crippen molar-refractivity contribution in [1.29, 1.82) is 0 Å². The Labute approximate surface area is 140 Å². The number of aromatic nitrogens is 2. The van der Waals surface area contributed by atoms with Crippen molar-refractivity contribution in [2.75, 3.05) is 26.2 Å². The predicted molar refractivity (Wildman–Crippen MR) is 89.2 cm³/mol. The van der Waals surface area contributed by atoms with Crippen LogP contribution in [0.25, 0.3) is 0 Å². The minimum absolute atomic E-state index is 0.228. The van der Waals surface area contributed by atoms with E-state index in [1.54, 1.807) is 0 Å². The Morgan fingerprint density at radius 2 is 2.09 bits per heavy atom. The molecule has 2 aliphatic rings. The van der Waals surface area contributed by atoms with E-state index in [1.165, 1.54) is 12.8 Å². The first-order valence-corrected chi connectivity index (χ1v) is 9.10. The standard InChI is InChI=1S/C16H25BrN4O/c1-13-3-2-6-20(10-13)16(22)14-4-7-19(8-5-14)12-21-11-15(17)9-18-21/h9,11,13-14H,2-8,10,12H2,1H3. The highest BCUT2D eigenvalue weighted by Crippen LogP contribution is 2.23. The van der Waals surface area contributed by atoms with Crippen LogP contribution in [0.4, 0.5) is 0 Å². The summed E-state index contributed by atoms with van der Waals surface area (Å²) in [5.41, 5.74) is 0. The average molecular weight is 369 g/mol. The fourth-order valence-electron chi connectivity index (χ4n) is 3.59. The maximum Gasteiger partial charge on any atom is 0.225 e. The van der Waals surface area contributed by atoms with Gasteiger partial charge in [0.15, 0.2) is 0 Å². The second-order valence-electron chi connectivity index (χ2n) is 6.76. The molecule has 0 saturated carbocycles. The monoisotopic (exact) mass is 368 g/mol. The Morgan fingerprint density at radius 1 is 1.32 bits per heavy atom. The SMILES string of the molecule is CC1CCCN(C(=O)C2CCN(Cn3cc(Br)cn3)CC2)C1. The van der Waals surface area contributed by atoms with Crippen molar-refractivity contribution in [1.82, 2.24) is 19.6 Å². The van der Waals surface area contributed by atoms with E-state index in [4.69, 9.17) is 0 Å². The van der Waals surface area contributed by atoms with Crippen LogP contribution in [0.15, 0.2) is 16.9 Å². The molecule has 0 aliphatic carbocycles. The lowest BCUT2D eigenvalue weighted by Crippen LogP contribution is -2.46. The maximum absolute atomic E-state index is 12.7. The van der Waals surface area contributed by atoms with E-state index in [-0.39, 0.29) is 5.92 Å². The van der Waals surface area contributed by atoms with E-state index in [0.717, 1.165) is 50.2 Å². The molecule has 5 nitrogen and oxygen atoms in total. The van der Waals surface area contributed by atoms with Crippen LogP contribution >= 0.6 is 15.9 Å². The third-order valence-corrected chi connectivity index (χ3v) is 5.26. The quantitative estimate of drug-likeness (QED) is 0.823. The molecule has 0 N–H and O–H groups in total. The topological polar surface area (TPSA) is 41.4 Å². The number of rotatable bonds is 3. The summed E-state index contributed by atoms with van der Waals surface area (Å²) in [6.45, 7) is 6.96. The van der Waals surface area contributed by atoms with Gasteiger partial charge in [-0.3, -0.25) is 14.4 Å². The molecule has 1 atom stereocenters. The van der Waals surface area contributed by atoms with Crippen molar-refractivity contribution in [3.8, 4) is 0 Å². The minimum Gasteiger partial charge on any atom is -0.342 e. The van der Waals surface area contributed by atoms with E-state index in [9.17, 15) is 4.79 Å². The number of hydrogen-bond donors (Lipinski definition) is 0. The molecule has 2 fully saturated rings. The van der Waals surface area contributed by atoms with Gasteiger partial charge in [-0.2, -0.15) is 5.10 Å². The van der Waals surface area contributed by atoms with Crippen molar-refractivity contribution < 1.29 is 4.79 Å². The third kappa shape index (κ3) is 3.90. The summed E-state index contributed by atoms with van der Waals surface area (Å²) in [7, 11) is 0. The van der Waals surface area contributed by atoms with E-state index < -0.39 is 0 Å². The maximum atomic E-state index is 12.7. The van der Waals surface area contributed by atoms with E-state index >= 15 is 0 Å². The van der Waals surface area contributed by atoms with Crippen molar-refractivity contribution >= 4 is 21.8 Å². The first-order valence-electron chi connectivity index (χ1n) is 8.31. The van der Waals surface area contributed by atoms with Gasteiger partial charge in [-0.25, -0.2) is 0 Å². The van der Waals surface area contributed by atoms with Crippen molar-refractivity contribution in [3.05, 3.63) is 16.9 Å². The number of halogens is 1. The molecule has 0 aromatic carbocycles.